The van der Waals surface area contributed by atoms with E-state index < -0.39 is 6.10 Å². The predicted octanol–water partition coefficient (Wildman–Crippen LogP) is 4.35. The molecule has 1 unspecified atom stereocenters. The van der Waals surface area contributed by atoms with Gasteiger partial charge in [-0.05, 0) is 43.0 Å². The Morgan fingerprint density at radius 3 is 2.11 bits per heavy atom. The maximum Gasteiger partial charge on any atom is 0.106 e. The summed E-state index contributed by atoms with van der Waals surface area (Å²) in [5.41, 5.74) is 4.96. The number of hydrogen-bond donors (Lipinski definition) is 1. The molecule has 0 heterocycles. The number of aliphatic hydroxyl groups excluding tert-OH is 1. The van der Waals surface area contributed by atoms with Gasteiger partial charge in [-0.15, -0.1) is 0 Å². The molecule has 0 aliphatic carbocycles. The van der Waals surface area contributed by atoms with Crippen molar-refractivity contribution in [2.45, 2.75) is 26.9 Å². The van der Waals surface area contributed by atoms with Crippen LogP contribution in [0.25, 0.3) is 0 Å². The van der Waals surface area contributed by atoms with Gasteiger partial charge in [0.2, 0.25) is 0 Å². The molecule has 0 spiro atoms. The van der Waals surface area contributed by atoms with Crippen molar-refractivity contribution < 1.29 is 5.11 Å². The van der Waals surface area contributed by atoms with Gasteiger partial charge in [0.25, 0.3) is 0 Å². The van der Waals surface area contributed by atoms with E-state index in [0.717, 1.165) is 22.3 Å². The minimum Gasteiger partial charge on any atom is -0.384 e. The molecule has 18 heavy (non-hydrogen) atoms. The molecule has 0 saturated carbocycles. The van der Waals surface area contributed by atoms with E-state index in [1.165, 1.54) is 5.56 Å². The van der Waals surface area contributed by atoms with Crippen LogP contribution in [0.1, 0.15) is 33.9 Å². The fourth-order valence-electron chi connectivity index (χ4n) is 2.12. The summed E-state index contributed by atoms with van der Waals surface area (Å²) in [7, 11) is 0. The van der Waals surface area contributed by atoms with Gasteiger partial charge in [-0.2, -0.15) is 0 Å². The van der Waals surface area contributed by atoms with Crippen LogP contribution in [0, 0.1) is 20.8 Å². The third-order valence-corrected chi connectivity index (χ3v) is 3.97. The van der Waals surface area contributed by atoms with Crippen molar-refractivity contribution in [3.05, 3.63) is 69.2 Å². The minimum atomic E-state index is -0.669. The second-order valence-electron chi connectivity index (χ2n) is 4.67. The lowest BCUT2D eigenvalue weighted by molar-refractivity contribution is 0.219. The molecule has 1 atom stereocenters. The molecule has 0 fully saturated rings. The molecule has 2 aromatic rings. The highest BCUT2D eigenvalue weighted by Gasteiger charge is 2.17. The molecule has 0 radical (unpaired) electrons. The normalized spacial score (nSPS) is 12.5. The Balaban J connectivity index is 2.51. The van der Waals surface area contributed by atoms with Gasteiger partial charge in [-0.1, -0.05) is 48.0 Å². The Labute approximate surface area is 113 Å². The molecular formula is C16H17ClO. The average molecular weight is 261 g/mol. The van der Waals surface area contributed by atoms with E-state index in [9.17, 15) is 5.11 Å². The van der Waals surface area contributed by atoms with E-state index in [4.69, 9.17) is 11.6 Å². The van der Waals surface area contributed by atoms with Crippen molar-refractivity contribution in [2.75, 3.05) is 0 Å². The van der Waals surface area contributed by atoms with Crippen LogP contribution in [0.4, 0.5) is 0 Å². The van der Waals surface area contributed by atoms with Crippen LogP contribution in [0.15, 0.2) is 36.4 Å². The number of aliphatic hydroxyl groups is 1. The van der Waals surface area contributed by atoms with Crippen molar-refractivity contribution in [1.82, 2.24) is 0 Å². The molecular weight excluding hydrogens is 244 g/mol. The van der Waals surface area contributed by atoms with Crippen LogP contribution in [-0.2, 0) is 0 Å². The van der Waals surface area contributed by atoms with Gasteiger partial charge in [0.15, 0.2) is 0 Å². The maximum atomic E-state index is 10.5. The molecule has 0 aromatic heterocycles. The van der Waals surface area contributed by atoms with Crippen LogP contribution in [0.3, 0.4) is 0 Å². The van der Waals surface area contributed by atoms with Gasteiger partial charge < -0.3 is 5.11 Å². The highest BCUT2D eigenvalue weighted by molar-refractivity contribution is 6.32. The predicted molar refractivity (Wildman–Crippen MR) is 76.2 cm³/mol. The van der Waals surface area contributed by atoms with E-state index in [1.807, 2.05) is 57.2 Å². The van der Waals surface area contributed by atoms with Gasteiger partial charge in [0, 0.05) is 10.6 Å². The van der Waals surface area contributed by atoms with Crippen molar-refractivity contribution in [3.8, 4) is 0 Å². The Hall–Kier alpha value is -1.31. The van der Waals surface area contributed by atoms with Crippen LogP contribution < -0.4 is 0 Å². The quantitative estimate of drug-likeness (QED) is 0.851. The second kappa shape index (κ2) is 5.13. The fraction of sp³-hybridized carbons (Fsp3) is 0.250. The first-order valence-corrected chi connectivity index (χ1v) is 6.39. The molecule has 1 N–H and O–H groups in total. The summed E-state index contributed by atoms with van der Waals surface area (Å²) in [5, 5.41) is 11.2. The second-order valence-corrected chi connectivity index (χ2v) is 5.05. The summed E-state index contributed by atoms with van der Waals surface area (Å²) >= 11 is 6.27. The first-order valence-electron chi connectivity index (χ1n) is 6.01. The molecule has 0 amide bonds. The summed E-state index contributed by atoms with van der Waals surface area (Å²) in [5.74, 6) is 0. The number of rotatable bonds is 2. The maximum absolute atomic E-state index is 10.5. The van der Waals surface area contributed by atoms with Crippen LogP contribution in [0.2, 0.25) is 5.02 Å². The van der Waals surface area contributed by atoms with Crippen molar-refractivity contribution in [1.29, 1.82) is 0 Å². The minimum absolute atomic E-state index is 0.644. The van der Waals surface area contributed by atoms with Crippen molar-refractivity contribution in [2.24, 2.45) is 0 Å². The van der Waals surface area contributed by atoms with Crippen LogP contribution in [0.5, 0.6) is 0 Å². The number of hydrogen-bond acceptors (Lipinski definition) is 1. The van der Waals surface area contributed by atoms with Crippen molar-refractivity contribution in [3.63, 3.8) is 0 Å². The Morgan fingerprint density at radius 2 is 1.44 bits per heavy atom. The molecule has 94 valence electrons. The fourth-order valence-corrected chi connectivity index (χ4v) is 2.35. The van der Waals surface area contributed by atoms with Gasteiger partial charge in [-0.25, -0.2) is 0 Å². The highest BCUT2D eigenvalue weighted by atomic mass is 35.5. The van der Waals surface area contributed by atoms with E-state index in [1.54, 1.807) is 0 Å². The van der Waals surface area contributed by atoms with Gasteiger partial charge in [-0.3, -0.25) is 0 Å². The number of halogens is 1. The van der Waals surface area contributed by atoms with Gasteiger partial charge in [0.1, 0.15) is 6.10 Å². The topological polar surface area (TPSA) is 20.2 Å². The first-order chi connectivity index (χ1) is 8.52. The third kappa shape index (κ3) is 2.29. The summed E-state index contributed by atoms with van der Waals surface area (Å²) in [6.07, 6.45) is -0.669. The Bertz CT molecular complexity index is 524. The lowest BCUT2D eigenvalue weighted by Crippen LogP contribution is -2.04. The lowest BCUT2D eigenvalue weighted by Gasteiger charge is -2.17. The molecule has 2 heteroatoms. The highest BCUT2D eigenvalue weighted by Crippen LogP contribution is 2.32. The van der Waals surface area contributed by atoms with E-state index in [-0.39, 0.29) is 0 Å². The van der Waals surface area contributed by atoms with Gasteiger partial charge in [0.05, 0.1) is 0 Å². The molecule has 0 bridgehead atoms. The number of aryl methyl sites for hydroxylation is 2. The Kier molecular flexibility index (Phi) is 3.74. The Morgan fingerprint density at radius 1 is 0.889 bits per heavy atom. The monoisotopic (exact) mass is 260 g/mol. The molecule has 2 rings (SSSR count). The van der Waals surface area contributed by atoms with E-state index in [0.29, 0.717) is 5.02 Å². The average Bonchev–Trinajstić information content (AvgIpc) is 2.35. The molecule has 0 aliphatic heterocycles. The molecule has 0 saturated heterocycles. The zero-order chi connectivity index (χ0) is 13.3. The third-order valence-electron chi connectivity index (χ3n) is 3.46. The van der Waals surface area contributed by atoms with Crippen molar-refractivity contribution >= 4 is 11.6 Å². The smallest absolute Gasteiger partial charge is 0.106 e. The summed E-state index contributed by atoms with van der Waals surface area (Å²) in [6.45, 7) is 6.02. The summed E-state index contributed by atoms with van der Waals surface area (Å²) < 4.78 is 0. The standard InChI is InChI=1S/C16H17ClO/c1-10-6-4-8-13(12(10)3)16(18)14-9-5-7-11(2)15(14)17/h4-9,16,18H,1-3H3. The van der Waals surface area contributed by atoms with Crippen LogP contribution >= 0.6 is 11.6 Å². The lowest BCUT2D eigenvalue weighted by atomic mass is 9.94. The number of benzene rings is 2. The van der Waals surface area contributed by atoms with Crippen LogP contribution in [-0.4, -0.2) is 5.11 Å². The van der Waals surface area contributed by atoms with E-state index in [2.05, 4.69) is 0 Å². The zero-order valence-electron chi connectivity index (χ0n) is 10.9. The molecule has 1 nitrogen and oxygen atoms in total. The zero-order valence-corrected chi connectivity index (χ0v) is 11.6. The SMILES string of the molecule is Cc1cccc(C(O)c2cccc(C)c2Cl)c1C. The summed E-state index contributed by atoms with van der Waals surface area (Å²) in [6, 6.07) is 11.7. The molecule has 0 aliphatic rings. The van der Waals surface area contributed by atoms with E-state index >= 15 is 0 Å². The largest absolute Gasteiger partial charge is 0.384 e. The van der Waals surface area contributed by atoms with Gasteiger partial charge >= 0.3 is 0 Å². The molecule has 2 aromatic carbocycles. The first kappa shape index (κ1) is 13.1. The summed E-state index contributed by atoms with van der Waals surface area (Å²) in [4.78, 5) is 0.